The van der Waals surface area contributed by atoms with Gasteiger partial charge >= 0.3 is 11.9 Å². The molecule has 1 heterocycles. The summed E-state index contributed by atoms with van der Waals surface area (Å²) < 4.78 is 11.4. The van der Waals surface area contributed by atoms with Crippen LogP contribution in [-0.4, -0.2) is 71.2 Å². The van der Waals surface area contributed by atoms with Crippen molar-refractivity contribution in [3.8, 4) is 0 Å². The number of rotatable bonds is 31. The molecule has 0 radical (unpaired) electrons. The number of ether oxygens (including phenoxy) is 2. The van der Waals surface area contributed by atoms with Crippen LogP contribution in [0.2, 0.25) is 0 Å². The molecule has 9 heteroatoms. The van der Waals surface area contributed by atoms with Crippen LogP contribution in [0.15, 0.2) is 24.6 Å². The average Bonchev–Trinajstić information content (AvgIpc) is 3.49. The Morgan fingerprint density at radius 3 is 2.02 bits per heavy atom. The largest absolute Gasteiger partial charge is 0.462 e. The fourth-order valence-electron chi connectivity index (χ4n) is 5.76. The third kappa shape index (κ3) is 24.0. The van der Waals surface area contributed by atoms with Gasteiger partial charge in [0.25, 0.3) is 5.24 Å². The first kappa shape index (κ1) is 43.9. The van der Waals surface area contributed by atoms with Gasteiger partial charge in [-0.1, -0.05) is 109 Å². The molecule has 2 unspecified atom stereocenters. The molecule has 0 spiro atoms. The zero-order chi connectivity index (χ0) is 35.1. The first-order valence-electron chi connectivity index (χ1n) is 19.5. The van der Waals surface area contributed by atoms with E-state index in [1.807, 2.05) is 18.5 Å². The quantitative estimate of drug-likeness (QED) is 0.0436. The number of nitrogens with one attached hydrogen (secondary N) is 1. The Hall–Kier alpha value is -2.16. The highest BCUT2D eigenvalue weighted by Gasteiger charge is 2.19. The zero-order valence-electron chi connectivity index (χ0n) is 31.2. The molecule has 2 atom stereocenters. The second kappa shape index (κ2) is 30.9. The van der Waals surface area contributed by atoms with Crippen molar-refractivity contribution in [3.05, 3.63) is 24.6 Å². The number of carbonyl (C=O) groups excluding carboxylic acids is 3. The van der Waals surface area contributed by atoms with Crippen molar-refractivity contribution in [1.82, 2.24) is 15.1 Å². The van der Waals surface area contributed by atoms with E-state index >= 15 is 0 Å². The SMILES string of the molecule is CCCCCC/C=C\COC(=O)CCCN(CCCC(=O)OC(CCCCCC)CCCCCCC)C(=O)SCCCN1C=CNC1C. The Balaban J connectivity index is 2.54. The van der Waals surface area contributed by atoms with E-state index in [1.165, 1.54) is 82.4 Å². The second-order valence-electron chi connectivity index (χ2n) is 13.2. The highest BCUT2D eigenvalue weighted by atomic mass is 32.2. The van der Waals surface area contributed by atoms with Crippen LogP contribution in [0.5, 0.6) is 0 Å². The van der Waals surface area contributed by atoms with E-state index in [9.17, 15) is 14.4 Å². The van der Waals surface area contributed by atoms with E-state index in [-0.39, 0.29) is 35.9 Å². The maximum absolute atomic E-state index is 13.2. The van der Waals surface area contributed by atoms with E-state index in [2.05, 4.69) is 44.0 Å². The molecule has 0 aromatic heterocycles. The molecule has 0 aromatic carbocycles. The molecule has 0 bridgehead atoms. The molecule has 1 amide bonds. The van der Waals surface area contributed by atoms with E-state index in [4.69, 9.17) is 9.47 Å². The fraction of sp³-hybridized carbons (Fsp3) is 0.821. The summed E-state index contributed by atoms with van der Waals surface area (Å²) in [6.07, 6.45) is 29.4. The topological polar surface area (TPSA) is 88.2 Å². The van der Waals surface area contributed by atoms with Crippen molar-refractivity contribution in [1.29, 1.82) is 0 Å². The van der Waals surface area contributed by atoms with Crippen LogP contribution in [0.3, 0.4) is 0 Å². The van der Waals surface area contributed by atoms with Crippen molar-refractivity contribution in [2.45, 2.75) is 175 Å². The Bertz CT molecular complexity index is 884. The molecule has 8 nitrogen and oxygen atoms in total. The standard InChI is InChI=1S/C39H71N3O5S/c1-5-8-11-14-15-17-20-33-46-37(43)26-21-29-42(39(45)48-34-23-31-41-32-28-40-35(41)4)30-22-27-38(44)47-36(24-18-13-10-7-3)25-19-16-12-9-6-2/h17,20,28,32,35-36,40H,5-16,18-19,21-27,29-31,33-34H2,1-4H3/b20-17-. The number of esters is 2. The monoisotopic (exact) mass is 694 g/mol. The molecule has 1 N–H and O–H groups in total. The Kier molecular flexibility index (Phi) is 28.2. The molecule has 48 heavy (non-hydrogen) atoms. The molecule has 0 aromatic rings. The van der Waals surface area contributed by atoms with Gasteiger partial charge in [0.15, 0.2) is 0 Å². The molecule has 0 fully saturated rings. The summed E-state index contributed by atoms with van der Waals surface area (Å²) in [5.41, 5.74) is 0. The summed E-state index contributed by atoms with van der Waals surface area (Å²) in [7, 11) is 0. The zero-order valence-corrected chi connectivity index (χ0v) is 32.0. The highest BCUT2D eigenvalue weighted by molar-refractivity contribution is 8.13. The molecular formula is C39H71N3O5S. The van der Waals surface area contributed by atoms with Crippen LogP contribution in [-0.2, 0) is 19.1 Å². The van der Waals surface area contributed by atoms with Crippen LogP contribution in [0.1, 0.15) is 163 Å². The molecule has 1 aliphatic rings. The number of allylic oxidation sites excluding steroid dienone is 1. The van der Waals surface area contributed by atoms with Gasteiger partial charge < -0.3 is 24.6 Å². The van der Waals surface area contributed by atoms with Gasteiger partial charge in [0, 0.05) is 50.6 Å². The van der Waals surface area contributed by atoms with Crippen molar-refractivity contribution in [3.63, 3.8) is 0 Å². The number of thioether (sulfide) groups is 1. The smallest absolute Gasteiger partial charge is 0.306 e. The molecule has 1 aliphatic heterocycles. The van der Waals surface area contributed by atoms with Crippen LogP contribution in [0, 0.1) is 0 Å². The summed E-state index contributed by atoms with van der Waals surface area (Å²) in [5.74, 6) is 0.321. The van der Waals surface area contributed by atoms with Gasteiger partial charge in [0.2, 0.25) is 0 Å². The minimum Gasteiger partial charge on any atom is -0.462 e. The number of amides is 1. The van der Waals surface area contributed by atoms with Gasteiger partial charge in [-0.3, -0.25) is 14.4 Å². The Morgan fingerprint density at radius 2 is 1.40 bits per heavy atom. The van der Waals surface area contributed by atoms with Crippen molar-refractivity contribution >= 4 is 28.9 Å². The third-order valence-corrected chi connectivity index (χ3v) is 9.80. The lowest BCUT2D eigenvalue weighted by atomic mass is 10.0. The molecule has 0 aliphatic carbocycles. The summed E-state index contributed by atoms with van der Waals surface area (Å²) in [4.78, 5) is 42.5. The van der Waals surface area contributed by atoms with Crippen LogP contribution in [0.4, 0.5) is 4.79 Å². The molecular weight excluding hydrogens is 623 g/mol. The van der Waals surface area contributed by atoms with E-state index in [1.54, 1.807) is 4.90 Å². The van der Waals surface area contributed by atoms with E-state index in [0.29, 0.717) is 39.0 Å². The second-order valence-corrected chi connectivity index (χ2v) is 14.3. The van der Waals surface area contributed by atoms with Gasteiger partial charge in [-0.05, 0) is 64.7 Å². The number of carbonyl (C=O) groups is 3. The van der Waals surface area contributed by atoms with Gasteiger partial charge in [0.1, 0.15) is 12.7 Å². The van der Waals surface area contributed by atoms with E-state index < -0.39 is 0 Å². The van der Waals surface area contributed by atoms with Crippen LogP contribution >= 0.6 is 11.8 Å². The lowest BCUT2D eigenvalue weighted by Crippen LogP contribution is -2.33. The first-order chi connectivity index (χ1) is 23.4. The Labute approximate surface area is 298 Å². The average molecular weight is 694 g/mol. The summed E-state index contributed by atoms with van der Waals surface area (Å²) in [6.45, 7) is 10.9. The van der Waals surface area contributed by atoms with Gasteiger partial charge in [-0.15, -0.1) is 0 Å². The number of hydrogen-bond acceptors (Lipinski definition) is 8. The van der Waals surface area contributed by atoms with Crippen LogP contribution in [0.25, 0.3) is 0 Å². The van der Waals surface area contributed by atoms with Crippen molar-refractivity contribution in [2.24, 2.45) is 0 Å². The highest BCUT2D eigenvalue weighted by Crippen LogP contribution is 2.18. The number of hydrogen-bond donors (Lipinski definition) is 1. The molecule has 278 valence electrons. The summed E-state index contributed by atoms with van der Waals surface area (Å²) in [5, 5.41) is 3.26. The van der Waals surface area contributed by atoms with E-state index in [0.717, 1.165) is 50.8 Å². The predicted octanol–water partition coefficient (Wildman–Crippen LogP) is 10.1. The molecule has 1 rings (SSSR count). The van der Waals surface area contributed by atoms with Crippen molar-refractivity contribution in [2.75, 3.05) is 32.0 Å². The first-order valence-corrected chi connectivity index (χ1v) is 20.5. The van der Waals surface area contributed by atoms with Gasteiger partial charge in [-0.2, -0.15) is 0 Å². The Morgan fingerprint density at radius 1 is 0.792 bits per heavy atom. The minimum absolute atomic E-state index is 0.00504. The van der Waals surface area contributed by atoms with Crippen molar-refractivity contribution < 1.29 is 23.9 Å². The lowest BCUT2D eigenvalue weighted by molar-refractivity contribution is -0.150. The summed E-state index contributed by atoms with van der Waals surface area (Å²) >= 11 is 1.33. The number of unbranched alkanes of at least 4 members (excludes halogenated alkanes) is 11. The maximum Gasteiger partial charge on any atom is 0.306 e. The number of nitrogens with zero attached hydrogens (tertiary/aromatic N) is 2. The normalized spacial score (nSPS) is 14.8. The minimum atomic E-state index is -0.240. The van der Waals surface area contributed by atoms with Crippen LogP contribution < -0.4 is 5.32 Å². The predicted molar refractivity (Wildman–Crippen MR) is 202 cm³/mol. The van der Waals surface area contributed by atoms with Gasteiger partial charge in [-0.25, -0.2) is 0 Å². The lowest BCUT2D eigenvalue weighted by Gasteiger charge is -2.24. The fourth-order valence-corrected chi connectivity index (χ4v) is 6.57. The van der Waals surface area contributed by atoms with Gasteiger partial charge in [0.05, 0.1) is 6.17 Å². The molecule has 0 saturated carbocycles. The third-order valence-electron chi connectivity index (χ3n) is 8.80. The molecule has 0 saturated heterocycles. The summed E-state index contributed by atoms with van der Waals surface area (Å²) in [6, 6.07) is 0. The maximum atomic E-state index is 13.2.